The lowest BCUT2D eigenvalue weighted by Crippen LogP contribution is -2.52. The van der Waals surface area contributed by atoms with E-state index in [0.29, 0.717) is 6.54 Å². The summed E-state index contributed by atoms with van der Waals surface area (Å²) in [7, 11) is 0. The number of anilines is 1. The van der Waals surface area contributed by atoms with Gasteiger partial charge in [0.2, 0.25) is 0 Å². The van der Waals surface area contributed by atoms with Crippen molar-refractivity contribution in [1.82, 2.24) is 0 Å². The largest absolute Gasteiger partial charge is 0.442 e. The van der Waals surface area contributed by atoms with E-state index >= 15 is 0 Å². The number of ether oxygens (including phenoxy) is 1. The Bertz CT molecular complexity index is 483. The van der Waals surface area contributed by atoms with E-state index in [-0.39, 0.29) is 11.7 Å². The van der Waals surface area contributed by atoms with Crippen molar-refractivity contribution in [1.29, 1.82) is 0 Å². The van der Waals surface area contributed by atoms with E-state index in [0.717, 1.165) is 42.8 Å². The van der Waals surface area contributed by atoms with Gasteiger partial charge in [-0.05, 0) is 36.3 Å². The van der Waals surface area contributed by atoms with Crippen LogP contribution in [0.15, 0.2) is 24.3 Å². The summed E-state index contributed by atoms with van der Waals surface area (Å²) >= 11 is 1.89. The highest BCUT2D eigenvalue weighted by Gasteiger charge is 2.42. The van der Waals surface area contributed by atoms with E-state index in [4.69, 9.17) is 10.5 Å². The van der Waals surface area contributed by atoms with Gasteiger partial charge >= 0.3 is 6.09 Å². The van der Waals surface area contributed by atoms with Gasteiger partial charge in [0.25, 0.3) is 0 Å². The Labute approximate surface area is 123 Å². The highest BCUT2D eigenvalue weighted by molar-refractivity contribution is 7.99. The number of carbonyl (C=O) groups is 1. The van der Waals surface area contributed by atoms with Gasteiger partial charge in [0.1, 0.15) is 5.60 Å². The molecule has 2 aliphatic heterocycles. The molecule has 1 aromatic rings. The first-order chi connectivity index (χ1) is 9.72. The Balaban J connectivity index is 1.72. The maximum Gasteiger partial charge on any atom is 0.414 e. The van der Waals surface area contributed by atoms with Gasteiger partial charge < -0.3 is 10.5 Å². The molecule has 2 fully saturated rings. The fourth-order valence-corrected chi connectivity index (χ4v) is 4.06. The topological polar surface area (TPSA) is 55.6 Å². The molecule has 1 aromatic carbocycles. The number of thioether (sulfide) groups is 1. The number of benzene rings is 1. The van der Waals surface area contributed by atoms with Gasteiger partial charge in [-0.15, -0.1) is 0 Å². The van der Waals surface area contributed by atoms with Crippen LogP contribution >= 0.6 is 11.8 Å². The van der Waals surface area contributed by atoms with Crippen molar-refractivity contribution in [3.05, 3.63) is 29.8 Å². The number of amides is 1. The van der Waals surface area contributed by atoms with E-state index < -0.39 is 0 Å². The maximum absolute atomic E-state index is 12.3. The number of hydrogen-bond acceptors (Lipinski definition) is 4. The summed E-state index contributed by atoms with van der Waals surface area (Å²) < 4.78 is 5.78. The Morgan fingerprint density at radius 3 is 2.70 bits per heavy atom. The SMILES string of the molecule is NCc1ccc(N2CCC3(CCCSC3)OC2=O)cc1. The Hall–Kier alpha value is -1.20. The monoisotopic (exact) mass is 292 g/mol. The van der Waals surface area contributed by atoms with Gasteiger partial charge in [-0.2, -0.15) is 11.8 Å². The van der Waals surface area contributed by atoms with Gasteiger partial charge in [0.15, 0.2) is 0 Å². The number of rotatable bonds is 2. The molecule has 2 N–H and O–H groups in total. The van der Waals surface area contributed by atoms with Crippen LogP contribution in [0.5, 0.6) is 0 Å². The lowest BCUT2D eigenvalue weighted by Gasteiger charge is -2.43. The third-order valence-electron chi connectivity index (χ3n) is 4.09. The first-order valence-corrected chi connectivity index (χ1v) is 8.25. The van der Waals surface area contributed by atoms with Crippen molar-refractivity contribution < 1.29 is 9.53 Å². The summed E-state index contributed by atoms with van der Waals surface area (Å²) in [6.45, 7) is 1.26. The van der Waals surface area contributed by atoms with Crippen LogP contribution in [0.3, 0.4) is 0 Å². The molecule has 0 saturated carbocycles. The number of carbonyl (C=O) groups excluding carboxylic acids is 1. The molecule has 0 aliphatic carbocycles. The average molecular weight is 292 g/mol. The van der Waals surface area contributed by atoms with Gasteiger partial charge in [-0.3, -0.25) is 4.90 Å². The Kier molecular flexibility index (Phi) is 3.89. The molecule has 1 amide bonds. The first kappa shape index (κ1) is 13.8. The average Bonchev–Trinajstić information content (AvgIpc) is 2.48. The molecule has 108 valence electrons. The predicted octanol–water partition coefficient (Wildman–Crippen LogP) is 2.76. The van der Waals surface area contributed by atoms with Crippen LogP contribution in [0.4, 0.5) is 10.5 Å². The standard InChI is InChI=1S/C15H20N2O2S/c16-10-12-2-4-13(5-3-12)17-8-7-15(19-14(17)18)6-1-9-20-11-15/h2-5H,1,6-11,16H2. The summed E-state index contributed by atoms with van der Waals surface area (Å²) in [6.07, 6.45) is 2.86. The predicted molar refractivity (Wildman–Crippen MR) is 82.1 cm³/mol. The zero-order chi connectivity index (χ0) is 14.0. The molecule has 0 radical (unpaired) electrons. The minimum atomic E-state index is -0.215. The van der Waals surface area contributed by atoms with Crippen molar-refractivity contribution in [3.8, 4) is 0 Å². The van der Waals surface area contributed by atoms with Crippen LogP contribution in [-0.4, -0.2) is 29.7 Å². The first-order valence-electron chi connectivity index (χ1n) is 7.10. The summed E-state index contributed by atoms with van der Waals surface area (Å²) in [5.41, 5.74) is 7.34. The quantitative estimate of drug-likeness (QED) is 0.910. The van der Waals surface area contributed by atoms with Crippen molar-refractivity contribution in [2.24, 2.45) is 5.73 Å². The van der Waals surface area contributed by atoms with Gasteiger partial charge in [-0.1, -0.05) is 12.1 Å². The fraction of sp³-hybridized carbons (Fsp3) is 0.533. The minimum absolute atomic E-state index is 0.209. The molecule has 2 heterocycles. The normalized spacial score (nSPS) is 26.6. The molecule has 3 rings (SSSR count). The van der Waals surface area contributed by atoms with E-state index in [2.05, 4.69) is 0 Å². The second kappa shape index (κ2) is 5.66. The second-order valence-corrected chi connectivity index (χ2v) is 6.58. The van der Waals surface area contributed by atoms with Gasteiger partial charge in [0, 0.05) is 31.0 Å². The van der Waals surface area contributed by atoms with Crippen LogP contribution in [0.25, 0.3) is 0 Å². The fourth-order valence-electron chi connectivity index (χ4n) is 2.85. The highest BCUT2D eigenvalue weighted by Crippen LogP contribution is 2.37. The molecule has 20 heavy (non-hydrogen) atoms. The molecule has 1 atom stereocenters. The summed E-state index contributed by atoms with van der Waals surface area (Å²) in [5, 5.41) is 0. The zero-order valence-corrected chi connectivity index (χ0v) is 12.3. The lowest BCUT2D eigenvalue weighted by molar-refractivity contribution is 0.00465. The van der Waals surface area contributed by atoms with Crippen LogP contribution in [0, 0.1) is 0 Å². The highest BCUT2D eigenvalue weighted by atomic mass is 32.2. The van der Waals surface area contributed by atoms with Crippen molar-refractivity contribution in [3.63, 3.8) is 0 Å². The van der Waals surface area contributed by atoms with Crippen LogP contribution in [-0.2, 0) is 11.3 Å². The van der Waals surface area contributed by atoms with E-state index in [1.807, 2.05) is 36.0 Å². The Morgan fingerprint density at radius 2 is 2.10 bits per heavy atom. The minimum Gasteiger partial charge on any atom is -0.442 e. The Morgan fingerprint density at radius 1 is 1.30 bits per heavy atom. The second-order valence-electron chi connectivity index (χ2n) is 5.48. The van der Waals surface area contributed by atoms with Crippen molar-refractivity contribution in [2.45, 2.75) is 31.4 Å². The van der Waals surface area contributed by atoms with Crippen LogP contribution in [0.2, 0.25) is 0 Å². The summed E-state index contributed by atoms with van der Waals surface area (Å²) in [6, 6.07) is 7.81. The third-order valence-corrected chi connectivity index (χ3v) is 5.39. The number of hydrogen-bond donors (Lipinski definition) is 1. The van der Waals surface area contributed by atoms with E-state index in [1.54, 1.807) is 4.90 Å². The van der Waals surface area contributed by atoms with E-state index in [9.17, 15) is 4.79 Å². The molecule has 1 spiro atoms. The molecular formula is C15H20N2O2S. The number of nitrogens with two attached hydrogens (primary N) is 1. The molecule has 2 aliphatic rings. The third kappa shape index (κ3) is 2.65. The van der Waals surface area contributed by atoms with Gasteiger partial charge in [0.05, 0.1) is 0 Å². The van der Waals surface area contributed by atoms with Crippen molar-refractivity contribution >= 4 is 23.5 Å². The smallest absolute Gasteiger partial charge is 0.414 e. The zero-order valence-electron chi connectivity index (χ0n) is 11.5. The number of nitrogens with zero attached hydrogens (tertiary/aromatic N) is 1. The maximum atomic E-state index is 12.3. The van der Waals surface area contributed by atoms with Crippen LogP contribution < -0.4 is 10.6 Å². The summed E-state index contributed by atoms with van der Waals surface area (Å²) in [4.78, 5) is 14.0. The van der Waals surface area contributed by atoms with Crippen molar-refractivity contribution in [2.75, 3.05) is 23.0 Å². The molecule has 5 heteroatoms. The van der Waals surface area contributed by atoms with Crippen LogP contribution in [0.1, 0.15) is 24.8 Å². The van der Waals surface area contributed by atoms with E-state index in [1.165, 1.54) is 5.75 Å². The molecule has 4 nitrogen and oxygen atoms in total. The molecule has 2 saturated heterocycles. The summed E-state index contributed by atoms with van der Waals surface area (Å²) in [5.74, 6) is 2.13. The molecule has 0 aromatic heterocycles. The molecule has 1 unspecified atom stereocenters. The lowest BCUT2D eigenvalue weighted by atomic mass is 9.94. The molecule has 0 bridgehead atoms. The molecular weight excluding hydrogens is 272 g/mol. The van der Waals surface area contributed by atoms with Gasteiger partial charge in [-0.25, -0.2) is 4.79 Å².